The third-order valence-electron chi connectivity index (χ3n) is 4.27. The van der Waals surface area contributed by atoms with Gasteiger partial charge in [-0.15, -0.1) is 11.6 Å². The van der Waals surface area contributed by atoms with Crippen LogP contribution in [0.3, 0.4) is 0 Å². The number of fused-ring (bicyclic) bond motifs is 1. The molecule has 1 heterocycles. The lowest BCUT2D eigenvalue weighted by Gasteiger charge is -2.34. The van der Waals surface area contributed by atoms with Crippen LogP contribution in [0.5, 0.6) is 11.5 Å². The lowest BCUT2D eigenvalue weighted by molar-refractivity contribution is 0.174. The first-order valence-electron chi connectivity index (χ1n) is 7.71. The third kappa shape index (κ3) is 3.67. The number of nitrogens with zero attached hydrogens (tertiary/aromatic N) is 1. The van der Waals surface area contributed by atoms with Gasteiger partial charge in [-0.2, -0.15) is 0 Å². The van der Waals surface area contributed by atoms with Crippen molar-refractivity contribution in [3.63, 3.8) is 0 Å². The summed E-state index contributed by atoms with van der Waals surface area (Å²) in [5.41, 5.74) is 2.20. The summed E-state index contributed by atoms with van der Waals surface area (Å²) >= 11 is 6.11. The third-order valence-corrected chi connectivity index (χ3v) is 4.55. The van der Waals surface area contributed by atoms with E-state index >= 15 is 0 Å². The Morgan fingerprint density at radius 2 is 1.71 bits per heavy atom. The van der Waals surface area contributed by atoms with Crippen molar-refractivity contribution in [2.24, 2.45) is 0 Å². The highest BCUT2D eigenvalue weighted by Crippen LogP contribution is 2.32. The van der Waals surface area contributed by atoms with Crippen LogP contribution in [-0.4, -0.2) is 31.1 Å². The molecule has 0 saturated carbocycles. The maximum atomic E-state index is 6.11. The van der Waals surface area contributed by atoms with E-state index in [9.17, 15) is 0 Å². The van der Waals surface area contributed by atoms with Gasteiger partial charge >= 0.3 is 0 Å². The molecule has 0 N–H and O–H groups in total. The minimum absolute atomic E-state index is 0.293. The molecule has 5 heteroatoms. The molecule has 0 fully saturated rings. The maximum absolute atomic E-state index is 6.11. The average molecular weight is 309 g/mol. The van der Waals surface area contributed by atoms with E-state index in [0.717, 1.165) is 35.4 Å². The van der Waals surface area contributed by atoms with Gasteiger partial charge in [-0.3, -0.25) is 0 Å². The molecule has 2 atom stereocenters. The molecule has 0 amide bonds. The molecule has 1 aliphatic heterocycles. The van der Waals surface area contributed by atoms with Gasteiger partial charge in [-0.05, 0) is 42.6 Å². The predicted molar refractivity (Wildman–Crippen MR) is 88.9 cm³/mol. The maximum Gasteiger partial charge on any atom is 0.248 e. The summed E-state index contributed by atoms with van der Waals surface area (Å²) in [5.74, 6) is 2.07. The van der Waals surface area contributed by atoms with Gasteiger partial charge in [-0.25, -0.2) is 0 Å². The molecule has 0 saturated heterocycles. The van der Waals surface area contributed by atoms with Gasteiger partial charge in [0.2, 0.25) is 14.2 Å². The summed E-state index contributed by atoms with van der Waals surface area (Å²) in [5, 5.41) is 0. The van der Waals surface area contributed by atoms with Crippen LogP contribution in [-0.2, 0) is 5.88 Å². The van der Waals surface area contributed by atoms with E-state index in [1.807, 2.05) is 12.1 Å². The van der Waals surface area contributed by atoms with Crippen molar-refractivity contribution in [1.29, 1.82) is 0 Å². The van der Waals surface area contributed by atoms with Crippen LogP contribution in [0.25, 0.3) is 0 Å². The molecule has 1 aromatic carbocycles. The zero-order chi connectivity index (χ0) is 15.4. The smallest absolute Gasteiger partial charge is 0.248 e. The van der Waals surface area contributed by atoms with Gasteiger partial charge in [0.15, 0.2) is 11.5 Å². The second-order valence-corrected chi connectivity index (χ2v) is 5.90. The first-order valence-corrected chi connectivity index (χ1v) is 8.24. The van der Waals surface area contributed by atoms with E-state index in [-0.39, 0.29) is 0 Å². The number of hydrogen-bond donors (Lipinski definition) is 0. The Morgan fingerprint density at radius 3 is 2.24 bits per heavy atom. The van der Waals surface area contributed by atoms with Crippen LogP contribution in [0.2, 0.25) is 0 Å². The van der Waals surface area contributed by atoms with Crippen LogP contribution in [0.4, 0.5) is 0 Å². The second-order valence-electron chi connectivity index (χ2n) is 5.63. The first-order chi connectivity index (χ1) is 10.1. The van der Waals surface area contributed by atoms with Gasteiger partial charge in [0.25, 0.3) is 0 Å². The Balaban J connectivity index is 2.27. The van der Waals surface area contributed by atoms with Crippen molar-refractivity contribution in [2.45, 2.75) is 58.5 Å². The summed E-state index contributed by atoms with van der Waals surface area (Å²) in [6, 6.07) is 5.02. The normalized spacial score (nSPS) is 16.1. The number of hydrogen-bond acceptors (Lipinski definition) is 3. The van der Waals surface area contributed by atoms with Gasteiger partial charge in [0.1, 0.15) is 0 Å². The average Bonchev–Trinajstić information content (AvgIpc) is 2.97. The minimum atomic E-state index is 0.293. The van der Waals surface area contributed by atoms with Crippen LogP contribution >= 0.6 is 11.6 Å². The van der Waals surface area contributed by atoms with E-state index in [1.54, 1.807) is 0 Å². The monoisotopic (exact) mass is 308 g/mol. The van der Waals surface area contributed by atoms with Crippen molar-refractivity contribution in [3.8, 4) is 11.5 Å². The van der Waals surface area contributed by atoms with E-state index < -0.39 is 0 Å². The molecular formula is C16H24BClNO2. The summed E-state index contributed by atoms with van der Waals surface area (Å²) in [6.45, 7) is 9.25. The molecule has 0 bridgehead atoms. The van der Waals surface area contributed by atoms with Gasteiger partial charge < -0.3 is 14.3 Å². The van der Waals surface area contributed by atoms with E-state index in [0.29, 0.717) is 24.8 Å². The first kappa shape index (κ1) is 16.5. The Labute approximate surface area is 133 Å². The molecule has 21 heavy (non-hydrogen) atoms. The number of ether oxygens (including phenoxy) is 2. The van der Waals surface area contributed by atoms with E-state index in [2.05, 4.69) is 39.9 Å². The fraction of sp³-hybridized carbons (Fsp3) is 0.625. The second kappa shape index (κ2) is 7.41. The Hall–Kier alpha value is -0.865. The van der Waals surface area contributed by atoms with E-state index in [4.69, 9.17) is 21.1 Å². The van der Waals surface area contributed by atoms with Gasteiger partial charge in [0, 0.05) is 5.88 Å². The highest BCUT2D eigenvalue weighted by Gasteiger charge is 2.23. The molecule has 3 nitrogen and oxygen atoms in total. The number of halogens is 1. The van der Waals surface area contributed by atoms with Gasteiger partial charge in [0.05, 0.1) is 0 Å². The molecule has 1 aliphatic rings. The topological polar surface area (TPSA) is 21.7 Å². The summed E-state index contributed by atoms with van der Waals surface area (Å²) in [6.07, 6.45) is 2.23. The zero-order valence-electron chi connectivity index (χ0n) is 13.4. The number of rotatable bonds is 7. The molecule has 0 spiro atoms. The zero-order valence-corrected chi connectivity index (χ0v) is 14.1. The molecule has 115 valence electrons. The highest BCUT2D eigenvalue weighted by atomic mass is 35.5. The number of benzene rings is 1. The lowest BCUT2D eigenvalue weighted by Crippen LogP contribution is -2.47. The fourth-order valence-electron chi connectivity index (χ4n) is 2.51. The fourth-order valence-corrected chi connectivity index (χ4v) is 2.74. The molecular weight excluding hydrogens is 284 g/mol. The molecule has 0 aromatic heterocycles. The summed E-state index contributed by atoms with van der Waals surface area (Å²) in [4.78, 5) is 2.42. The minimum Gasteiger partial charge on any atom is -0.454 e. The SMILES string of the molecule is CCC(C)N([B]c1cc2c(cc1CCl)OCO2)C(C)CC. The van der Waals surface area contributed by atoms with Gasteiger partial charge in [-0.1, -0.05) is 33.2 Å². The quantitative estimate of drug-likeness (QED) is 0.570. The van der Waals surface area contributed by atoms with Crippen molar-refractivity contribution in [2.75, 3.05) is 6.79 Å². The van der Waals surface area contributed by atoms with Crippen LogP contribution in [0.1, 0.15) is 46.1 Å². The Bertz CT molecular complexity index is 474. The highest BCUT2D eigenvalue weighted by molar-refractivity contribution is 6.52. The van der Waals surface area contributed by atoms with Crippen LogP contribution < -0.4 is 14.9 Å². The predicted octanol–water partition coefficient (Wildman–Crippen LogP) is 3.30. The van der Waals surface area contributed by atoms with Crippen molar-refractivity contribution in [3.05, 3.63) is 17.7 Å². The lowest BCUT2D eigenvalue weighted by atomic mass is 9.74. The number of alkyl halides is 1. The van der Waals surface area contributed by atoms with Crippen LogP contribution in [0.15, 0.2) is 12.1 Å². The van der Waals surface area contributed by atoms with Crippen molar-refractivity contribution < 1.29 is 9.47 Å². The van der Waals surface area contributed by atoms with Crippen LogP contribution in [0, 0.1) is 0 Å². The molecule has 1 radical (unpaired) electrons. The van der Waals surface area contributed by atoms with Crippen molar-refractivity contribution in [1.82, 2.24) is 4.81 Å². The van der Waals surface area contributed by atoms with E-state index in [1.165, 1.54) is 0 Å². The summed E-state index contributed by atoms with van der Waals surface area (Å²) in [7, 11) is 2.22. The molecule has 1 aromatic rings. The summed E-state index contributed by atoms with van der Waals surface area (Å²) < 4.78 is 10.9. The molecule has 2 unspecified atom stereocenters. The standard InChI is InChI=1S/C16H24BClNO2/c1-5-11(3)19(12(4)6-2)17-14-8-16-15(20-10-21-16)7-13(14)9-18/h7-8,11-12H,5-6,9-10H2,1-4H3. The Kier molecular flexibility index (Phi) is 5.83. The molecule has 0 aliphatic carbocycles. The van der Waals surface area contributed by atoms with Crippen molar-refractivity contribution >= 4 is 24.5 Å². The Morgan fingerprint density at radius 1 is 1.14 bits per heavy atom. The molecule has 2 rings (SSSR count). The largest absolute Gasteiger partial charge is 0.454 e.